The zero-order valence-corrected chi connectivity index (χ0v) is 17.9. The Hall–Kier alpha value is -3.67. The van der Waals surface area contributed by atoms with E-state index in [0.29, 0.717) is 11.4 Å². The van der Waals surface area contributed by atoms with Crippen LogP contribution < -0.4 is 10.1 Å². The van der Waals surface area contributed by atoms with E-state index in [2.05, 4.69) is 10.3 Å². The van der Waals surface area contributed by atoms with Crippen LogP contribution in [-0.4, -0.2) is 37.1 Å². The highest BCUT2D eigenvalue weighted by Crippen LogP contribution is 2.32. The minimum Gasteiger partial charge on any atom is -0.481 e. The number of esters is 1. The number of benzene rings is 2. The molecule has 31 heavy (non-hydrogen) atoms. The average molecular weight is 418 g/mol. The lowest BCUT2D eigenvalue weighted by Crippen LogP contribution is -2.51. The smallest absolute Gasteiger partial charge is 0.328 e. The Balaban J connectivity index is 1.97. The molecule has 0 unspecified atom stereocenters. The van der Waals surface area contributed by atoms with Crippen molar-refractivity contribution < 1.29 is 19.1 Å². The van der Waals surface area contributed by atoms with Crippen LogP contribution in [0.5, 0.6) is 5.88 Å². The van der Waals surface area contributed by atoms with Gasteiger partial charge in [-0.3, -0.25) is 4.79 Å². The summed E-state index contributed by atoms with van der Waals surface area (Å²) in [4.78, 5) is 30.4. The molecule has 0 aliphatic carbocycles. The predicted octanol–water partition coefficient (Wildman–Crippen LogP) is 3.30. The van der Waals surface area contributed by atoms with Crippen LogP contribution in [-0.2, 0) is 26.2 Å². The lowest BCUT2D eigenvalue weighted by molar-refractivity contribution is -0.145. The molecule has 0 radical (unpaired) electrons. The van der Waals surface area contributed by atoms with Gasteiger partial charge in [0.1, 0.15) is 6.04 Å². The number of ether oxygens (including phenoxy) is 2. The number of hydrogen-bond acceptors (Lipinski definition) is 5. The van der Waals surface area contributed by atoms with E-state index < -0.39 is 17.4 Å². The Morgan fingerprint density at radius 2 is 1.52 bits per heavy atom. The molecule has 160 valence electrons. The molecule has 1 aromatic heterocycles. The van der Waals surface area contributed by atoms with Gasteiger partial charge in [0, 0.05) is 18.2 Å². The number of carbonyl (C=O) groups is 2. The summed E-state index contributed by atoms with van der Waals surface area (Å²) in [5.41, 5.74) is 1.33. The van der Waals surface area contributed by atoms with E-state index in [4.69, 9.17) is 9.47 Å². The van der Waals surface area contributed by atoms with Crippen molar-refractivity contribution in [3.05, 3.63) is 95.7 Å². The lowest BCUT2D eigenvalue weighted by Gasteiger charge is -2.31. The minimum atomic E-state index is -1.01. The number of rotatable bonds is 8. The van der Waals surface area contributed by atoms with Crippen molar-refractivity contribution in [3.63, 3.8) is 0 Å². The monoisotopic (exact) mass is 418 g/mol. The van der Waals surface area contributed by atoms with Gasteiger partial charge in [0.25, 0.3) is 0 Å². The summed E-state index contributed by atoms with van der Waals surface area (Å²) < 4.78 is 10.3. The van der Waals surface area contributed by atoms with Gasteiger partial charge in [-0.1, -0.05) is 66.7 Å². The van der Waals surface area contributed by atoms with Gasteiger partial charge in [-0.15, -0.1) is 0 Å². The number of amides is 1. The fraction of sp³-hybridized carbons (Fsp3) is 0.240. The van der Waals surface area contributed by atoms with E-state index in [1.165, 1.54) is 14.2 Å². The van der Waals surface area contributed by atoms with Crippen molar-refractivity contribution in [3.8, 4) is 5.88 Å². The molecule has 0 aliphatic rings. The van der Waals surface area contributed by atoms with Crippen LogP contribution in [0.1, 0.15) is 23.6 Å². The second-order valence-electron chi connectivity index (χ2n) is 7.28. The summed E-state index contributed by atoms with van der Waals surface area (Å²) in [7, 11) is 2.81. The van der Waals surface area contributed by atoms with Crippen molar-refractivity contribution in [1.29, 1.82) is 0 Å². The molecule has 1 N–H and O–H groups in total. The number of pyridine rings is 1. The maximum atomic E-state index is 13.7. The Bertz CT molecular complexity index is 982. The maximum absolute atomic E-state index is 13.7. The van der Waals surface area contributed by atoms with Crippen molar-refractivity contribution in [2.45, 2.75) is 24.8 Å². The molecule has 0 aliphatic heterocycles. The molecule has 1 heterocycles. The molecule has 6 heteroatoms. The number of hydrogen-bond donors (Lipinski definition) is 1. The summed E-state index contributed by atoms with van der Waals surface area (Å²) in [5, 5.41) is 2.91. The van der Waals surface area contributed by atoms with Gasteiger partial charge in [-0.25, -0.2) is 9.78 Å². The molecule has 0 saturated carbocycles. The fourth-order valence-corrected chi connectivity index (χ4v) is 3.59. The van der Waals surface area contributed by atoms with Crippen LogP contribution >= 0.6 is 0 Å². The van der Waals surface area contributed by atoms with Gasteiger partial charge in [0.15, 0.2) is 0 Å². The first kappa shape index (κ1) is 22.0. The average Bonchev–Trinajstić information content (AvgIpc) is 2.83. The number of nitrogens with zero attached hydrogens (tertiary/aromatic N) is 1. The van der Waals surface area contributed by atoms with E-state index in [1.54, 1.807) is 12.3 Å². The Morgan fingerprint density at radius 1 is 0.935 bits per heavy atom. The molecule has 1 atom stereocenters. The quantitative estimate of drug-likeness (QED) is 0.568. The molecule has 0 bridgehead atoms. The number of methoxy groups -OCH3 is 2. The predicted molar refractivity (Wildman–Crippen MR) is 118 cm³/mol. The van der Waals surface area contributed by atoms with Gasteiger partial charge in [0.2, 0.25) is 11.8 Å². The molecule has 1 amide bonds. The van der Waals surface area contributed by atoms with Crippen LogP contribution in [0.25, 0.3) is 0 Å². The van der Waals surface area contributed by atoms with Gasteiger partial charge in [0.05, 0.1) is 19.6 Å². The van der Waals surface area contributed by atoms with E-state index in [9.17, 15) is 9.59 Å². The molecule has 0 saturated heterocycles. The van der Waals surface area contributed by atoms with E-state index >= 15 is 0 Å². The molecule has 0 spiro atoms. The second kappa shape index (κ2) is 9.89. The van der Waals surface area contributed by atoms with Gasteiger partial charge >= 0.3 is 5.97 Å². The SMILES string of the molecule is COC(=O)[C@H](Cc1cccnc1OC)NC(=O)C(C)(c1ccccc1)c1ccccc1. The molecule has 3 rings (SSSR count). The first-order chi connectivity index (χ1) is 15.0. The van der Waals surface area contributed by atoms with Gasteiger partial charge in [-0.2, -0.15) is 0 Å². The number of carbonyl (C=O) groups excluding carboxylic acids is 2. The number of aromatic nitrogens is 1. The Kier molecular flexibility index (Phi) is 7.03. The zero-order chi connectivity index (χ0) is 22.3. The van der Waals surface area contributed by atoms with E-state index in [0.717, 1.165) is 11.1 Å². The topological polar surface area (TPSA) is 77.5 Å². The first-order valence-corrected chi connectivity index (χ1v) is 9.98. The zero-order valence-electron chi connectivity index (χ0n) is 17.9. The van der Waals surface area contributed by atoms with Crippen molar-refractivity contribution >= 4 is 11.9 Å². The van der Waals surface area contributed by atoms with Crippen molar-refractivity contribution in [2.24, 2.45) is 0 Å². The number of nitrogens with one attached hydrogen (secondary N) is 1. The standard InChI is InChI=1S/C25H26N2O4/c1-25(19-12-6-4-7-13-19,20-14-8-5-9-15-20)24(29)27-21(23(28)31-3)17-18-11-10-16-26-22(18)30-2/h4-16,21H,17H2,1-3H3,(H,27,29)/t21-/m0/s1. The Morgan fingerprint density at radius 3 is 2.03 bits per heavy atom. The first-order valence-electron chi connectivity index (χ1n) is 9.98. The molecule has 6 nitrogen and oxygen atoms in total. The van der Waals surface area contributed by atoms with Crippen LogP contribution in [0.4, 0.5) is 0 Å². The van der Waals surface area contributed by atoms with E-state index in [-0.39, 0.29) is 12.3 Å². The van der Waals surface area contributed by atoms with Crippen LogP contribution in [0, 0.1) is 0 Å². The van der Waals surface area contributed by atoms with Gasteiger partial charge < -0.3 is 14.8 Å². The second-order valence-corrected chi connectivity index (χ2v) is 7.28. The highest BCUT2D eigenvalue weighted by atomic mass is 16.5. The minimum absolute atomic E-state index is 0.190. The lowest BCUT2D eigenvalue weighted by atomic mass is 9.75. The van der Waals surface area contributed by atoms with Crippen molar-refractivity contribution in [1.82, 2.24) is 10.3 Å². The summed E-state index contributed by atoms with van der Waals surface area (Å²) in [6.07, 6.45) is 1.80. The molecular formula is C25H26N2O4. The van der Waals surface area contributed by atoms with E-state index in [1.807, 2.05) is 73.7 Å². The highest BCUT2D eigenvalue weighted by Gasteiger charge is 2.39. The third kappa shape index (κ3) is 4.74. The summed E-state index contributed by atoms with van der Waals surface area (Å²) >= 11 is 0. The molecule has 0 fully saturated rings. The fourth-order valence-electron chi connectivity index (χ4n) is 3.59. The third-order valence-corrected chi connectivity index (χ3v) is 5.41. The largest absolute Gasteiger partial charge is 0.481 e. The molecule has 3 aromatic rings. The third-order valence-electron chi connectivity index (χ3n) is 5.41. The normalized spacial score (nSPS) is 12.0. The summed E-state index contributed by atoms with van der Waals surface area (Å²) in [6, 6.07) is 21.7. The molecule has 2 aromatic carbocycles. The van der Waals surface area contributed by atoms with Crippen molar-refractivity contribution in [2.75, 3.05) is 14.2 Å². The summed E-state index contributed by atoms with van der Waals surface area (Å²) in [5.74, 6) is -0.439. The van der Waals surface area contributed by atoms with Crippen LogP contribution in [0.3, 0.4) is 0 Å². The maximum Gasteiger partial charge on any atom is 0.328 e. The molecular weight excluding hydrogens is 392 g/mol. The van der Waals surface area contributed by atoms with Crippen LogP contribution in [0.2, 0.25) is 0 Å². The van der Waals surface area contributed by atoms with Crippen LogP contribution in [0.15, 0.2) is 79.0 Å². The van der Waals surface area contributed by atoms with Gasteiger partial charge in [-0.05, 0) is 24.1 Å². The highest BCUT2D eigenvalue weighted by molar-refractivity contribution is 5.94. The summed E-state index contributed by atoms with van der Waals surface area (Å²) in [6.45, 7) is 1.85. The Labute approximate surface area is 182 Å².